The van der Waals surface area contributed by atoms with Crippen molar-refractivity contribution in [3.05, 3.63) is 68.9 Å². The van der Waals surface area contributed by atoms with Gasteiger partial charge in [0.25, 0.3) is 0 Å². The number of benzene rings is 2. The number of aromatic nitrogens is 3. The molecule has 3 aromatic rings. The Morgan fingerprint density at radius 3 is 2.32 bits per heavy atom. The molecule has 1 aromatic heterocycles. The van der Waals surface area contributed by atoms with Gasteiger partial charge in [-0.05, 0) is 29.8 Å². The van der Waals surface area contributed by atoms with E-state index in [2.05, 4.69) is 15.3 Å². The Bertz CT molecular complexity index is 1020. The van der Waals surface area contributed by atoms with E-state index in [4.69, 9.17) is 25.8 Å². The molecule has 146 valence electrons. The van der Waals surface area contributed by atoms with Gasteiger partial charge in [0.2, 0.25) is 5.75 Å². The van der Waals surface area contributed by atoms with Gasteiger partial charge in [-0.2, -0.15) is 14.9 Å². The van der Waals surface area contributed by atoms with Crippen molar-refractivity contribution in [2.75, 3.05) is 21.3 Å². The first-order valence-corrected chi connectivity index (χ1v) is 8.68. The molecule has 9 heteroatoms. The Kier molecular flexibility index (Phi) is 6.00. The van der Waals surface area contributed by atoms with Crippen LogP contribution in [-0.4, -0.2) is 42.4 Å². The average Bonchev–Trinajstić information content (AvgIpc) is 3.06. The van der Waals surface area contributed by atoms with E-state index in [-0.39, 0.29) is 0 Å². The van der Waals surface area contributed by atoms with Crippen LogP contribution in [0.1, 0.15) is 17.0 Å². The number of nitrogens with one attached hydrogen (secondary N) is 1. The third kappa shape index (κ3) is 4.17. The molecule has 0 atom stereocenters. The van der Waals surface area contributed by atoms with Gasteiger partial charge in [-0.15, -0.1) is 0 Å². The van der Waals surface area contributed by atoms with Crippen LogP contribution in [0.15, 0.2) is 46.3 Å². The van der Waals surface area contributed by atoms with Gasteiger partial charge in [0.15, 0.2) is 17.3 Å². The van der Waals surface area contributed by atoms with E-state index in [1.165, 1.54) is 32.2 Å². The van der Waals surface area contributed by atoms with Gasteiger partial charge in [-0.25, -0.2) is 9.89 Å². The molecule has 1 heterocycles. The first kappa shape index (κ1) is 19.5. The summed E-state index contributed by atoms with van der Waals surface area (Å²) in [4.78, 5) is 12.1. The molecule has 0 aliphatic rings. The first-order chi connectivity index (χ1) is 13.5. The van der Waals surface area contributed by atoms with Crippen LogP contribution in [0, 0.1) is 0 Å². The van der Waals surface area contributed by atoms with Crippen LogP contribution < -0.4 is 19.9 Å². The van der Waals surface area contributed by atoms with Crippen LogP contribution in [0.3, 0.4) is 0 Å². The maximum atomic E-state index is 12.1. The fraction of sp³-hybridized carbons (Fsp3) is 0.211. The lowest BCUT2D eigenvalue weighted by molar-refractivity contribution is 0.324. The molecule has 3 rings (SSSR count). The van der Waals surface area contributed by atoms with Crippen LogP contribution >= 0.6 is 11.6 Å². The molecule has 2 aromatic carbocycles. The van der Waals surface area contributed by atoms with Crippen LogP contribution in [-0.2, 0) is 6.42 Å². The molecule has 1 N–H and O–H groups in total. The number of rotatable bonds is 7. The molecule has 0 spiro atoms. The second-order valence-electron chi connectivity index (χ2n) is 5.76. The summed E-state index contributed by atoms with van der Waals surface area (Å²) in [7, 11) is 4.59. The first-order valence-electron chi connectivity index (χ1n) is 8.30. The number of halogens is 1. The summed E-state index contributed by atoms with van der Waals surface area (Å²) in [6.07, 6.45) is 1.94. The highest BCUT2D eigenvalue weighted by Crippen LogP contribution is 2.37. The fourth-order valence-electron chi connectivity index (χ4n) is 2.64. The minimum absolute atomic E-state index is 0.419. The number of hydrogen-bond donors (Lipinski definition) is 1. The molecule has 0 unspecified atom stereocenters. The molecular formula is C19H19ClN4O4. The molecule has 0 amide bonds. The number of hydrogen-bond acceptors (Lipinski definition) is 6. The molecule has 0 aliphatic carbocycles. The summed E-state index contributed by atoms with van der Waals surface area (Å²) in [6.45, 7) is 0. The zero-order chi connectivity index (χ0) is 20.1. The van der Waals surface area contributed by atoms with Gasteiger partial charge < -0.3 is 14.2 Å². The zero-order valence-electron chi connectivity index (χ0n) is 15.6. The Morgan fingerprint density at radius 1 is 1.11 bits per heavy atom. The number of methoxy groups -OCH3 is 3. The molecule has 8 nitrogen and oxygen atoms in total. The van der Waals surface area contributed by atoms with Crippen LogP contribution in [0.25, 0.3) is 0 Å². The van der Waals surface area contributed by atoms with Gasteiger partial charge >= 0.3 is 5.69 Å². The van der Waals surface area contributed by atoms with Crippen molar-refractivity contribution in [1.82, 2.24) is 14.9 Å². The summed E-state index contributed by atoms with van der Waals surface area (Å²) in [5.41, 5.74) is 1.18. The van der Waals surface area contributed by atoms with Crippen molar-refractivity contribution in [2.45, 2.75) is 6.42 Å². The summed E-state index contributed by atoms with van der Waals surface area (Å²) >= 11 is 5.91. The third-order valence-electron chi connectivity index (χ3n) is 4.00. The number of ether oxygens (including phenoxy) is 3. The maximum absolute atomic E-state index is 12.1. The smallest absolute Gasteiger partial charge is 0.364 e. The Hall–Kier alpha value is -3.26. The Balaban J connectivity index is 1.92. The van der Waals surface area contributed by atoms with E-state index in [0.717, 1.165) is 5.56 Å². The fourth-order valence-corrected chi connectivity index (χ4v) is 2.77. The zero-order valence-corrected chi connectivity index (χ0v) is 16.4. The van der Waals surface area contributed by atoms with Crippen molar-refractivity contribution in [3.63, 3.8) is 0 Å². The largest absolute Gasteiger partial charge is 0.493 e. The van der Waals surface area contributed by atoms with Crippen LogP contribution in [0.4, 0.5) is 0 Å². The van der Waals surface area contributed by atoms with E-state index < -0.39 is 5.69 Å². The van der Waals surface area contributed by atoms with Crippen LogP contribution in [0.5, 0.6) is 17.2 Å². The van der Waals surface area contributed by atoms with Gasteiger partial charge in [0, 0.05) is 17.0 Å². The number of nitrogens with zero attached hydrogens (tertiary/aromatic N) is 3. The number of H-pyrrole nitrogens is 1. The lowest BCUT2D eigenvalue weighted by Gasteiger charge is -2.12. The summed E-state index contributed by atoms with van der Waals surface area (Å²) in [6, 6.07) is 10.8. The molecule has 28 heavy (non-hydrogen) atoms. The highest BCUT2D eigenvalue weighted by molar-refractivity contribution is 6.30. The molecular weight excluding hydrogens is 384 g/mol. The monoisotopic (exact) mass is 402 g/mol. The van der Waals surface area contributed by atoms with Crippen LogP contribution in [0.2, 0.25) is 5.02 Å². The Morgan fingerprint density at radius 2 is 1.75 bits per heavy atom. The van der Waals surface area contributed by atoms with Crippen molar-refractivity contribution in [3.8, 4) is 17.2 Å². The molecule has 0 fully saturated rings. The summed E-state index contributed by atoms with van der Waals surface area (Å²) in [5.74, 6) is 1.93. The minimum Gasteiger partial charge on any atom is -0.493 e. The van der Waals surface area contributed by atoms with Crippen molar-refractivity contribution < 1.29 is 14.2 Å². The highest BCUT2D eigenvalue weighted by Gasteiger charge is 2.13. The van der Waals surface area contributed by atoms with Crippen molar-refractivity contribution in [1.29, 1.82) is 0 Å². The highest BCUT2D eigenvalue weighted by atomic mass is 35.5. The lowest BCUT2D eigenvalue weighted by atomic mass is 10.1. The molecule has 0 saturated heterocycles. The van der Waals surface area contributed by atoms with E-state index in [1.54, 1.807) is 24.3 Å². The second kappa shape index (κ2) is 8.62. The third-order valence-corrected chi connectivity index (χ3v) is 4.25. The summed E-state index contributed by atoms with van der Waals surface area (Å²) < 4.78 is 17.2. The Labute approximate surface area is 166 Å². The molecule has 0 bridgehead atoms. The molecule has 0 saturated carbocycles. The minimum atomic E-state index is -0.437. The van der Waals surface area contributed by atoms with Gasteiger partial charge in [-0.1, -0.05) is 23.7 Å². The number of aromatic amines is 1. The normalized spacial score (nSPS) is 11.0. The van der Waals surface area contributed by atoms with Gasteiger partial charge in [0.05, 0.1) is 27.5 Å². The molecule has 0 aliphatic heterocycles. The lowest BCUT2D eigenvalue weighted by Crippen LogP contribution is -2.15. The topological polar surface area (TPSA) is 90.7 Å². The van der Waals surface area contributed by atoms with Crippen molar-refractivity contribution >= 4 is 17.8 Å². The van der Waals surface area contributed by atoms with E-state index >= 15 is 0 Å². The maximum Gasteiger partial charge on any atom is 0.364 e. The molecule has 0 radical (unpaired) electrons. The standard InChI is InChI=1S/C19H19ClN4O4/c1-26-15-8-13(9-16(27-2)18(15)28-3)11-21-24-17(22-23-19(24)25)10-12-4-6-14(20)7-5-12/h4-9,11H,10H2,1-3H3,(H,23,25)/b21-11+. The van der Waals surface area contributed by atoms with E-state index in [0.29, 0.717) is 40.1 Å². The second-order valence-corrected chi connectivity index (χ2v) is 6.20. The van der Waals surface area contributed by atoms with E-state index in [9.17, 15) is 4.79 Å². The van der Waals surface area contributed by atoms with Gasteiger partial charge in [0.1, 0.15) is 0 Å². The predicted molar refractivity (Wildman–Crippen MR) is 106 cm³/mol. The summed E-state index contributed by atoms with van der Waals surface area (Å²) in [5, 5.41) is 11.4. The SMILES string of the molecule is COc1cc(/C=N/n2c(Cc3ccc(Cl)cc3)n[nH]c2=O)cc(OC)c1OC. The van der Waals surface area contributed by atoms with E-state index in [1.807, 2.05) is 12.1 Å². The van der Waals surface area contributed by atoms with Crippen molar-refractivity contribution in [2.24, 2.45) is 5.10 Å². The predicted octanol–water partition coefficient (Wildman–Crippen LogP) is 2.72. The quantitative estimate of drug-likeness (QED) is 0.613. The van der Waals surface area contributed by atoms with Gasteiger partial charge in [-0.3, -0.25) is 0 Å². The average molecular weight is 403 g/mol.